The van der Waals surface area contributed by atoms with E-state index in [1.54, 1.807) is 0 Å². The normalized spacial score (nSPS) is 28.2. The van der Waals surface area contributed by atoms with Crippen LogP contribution in [-0.4, -0.2) is 18.7 Å². The zero-order valence-corrected chi connectivity index (χ0v) is 12.3. The van der Waals surface area contributed by atoms with Crippen molar-refractivity contribution in [3.8, 4) is 5.75 Å². The van der Waals surface area contributed by atoms with Crippen LogP contribution in [0.4, 0.5) is 0 Å². The van der Waals surface area contributed by atoms with Crippen LogP contribution in [0, 0.1) is 12.3 Å². The summed E-state index contributed by atoms with van der Waals surface area (Å²) in [5.41, 5.74) is 3.15. The molecule has 19 heavy (non-hydrogen) atoms. The zero-order valence-electron chi connectivity index (χ0n) is 12.3. The zero-order chi connectivity index (χ0) is 13.5. The van der Waals surface area contributed by atoms with Gasteiger partial charge >= 0.3 is 0 Å². The van der Waals surface area contributed by atoms with Crippen LogP contribution in [0.15, 0.2) is 18.2 Å². The molecule has 1 aromatic rings. The average molecular weight is 259 g/mol. The van der Waals surface area contributed by atoms with Crippen molar-refractivity contribution in [1.29, 1.82) is 0 Å². The van der Waals surface area contributed by atoms with Crippen LogP contribution in [0.2, 0.25) is 0 Å². The van der Waals surface area contributed by atoms with Gasteiger partial charge in [0.25, 0.3) is 0 Å². The molecular formula is C17H25NO. The minimum atomic E-state index is 0.313. The lowest BCUT2D eigenvalue weighted by atomic mass is 9.87. The van der Waals surface area contributed by atoms with Crippen molar-refractivity contribution in [2.75, 3.05) is 6.54 Å². The Balaban J connectivity index is 1.56. The topological polar surface area (TPSA) is 21.3 Å². The number of hydrogen-bond acceptors (Lipinski definition) is 2. The molecule has 2 heteroatoms. The summed E-state index contributed by atoms with van der Waals surface area (Å²) >= 11 is 0. The van der Waals surface area contributed by atoms with Gasteiger partial charge in [0, 0.05) is 19.0 Å². The van der Waals surface area contributed by atoms with E-state index in [1.807, 2.05) is 0 Å². The number of fused-ring (bicyclic) bond motifs is 1. The van der Waals surface area contributed by atoms with Gasteiger partial charge in [-0.25, -0.2) is 0 Å². The monoisotopic (exact) mass is 259 g/mol. The highest BCUT2D eigenvalue weighted by Crippen LogP contribution is 2.37. The number of nitrogens with one attached hydrogen (secondary N) is 1. The van der Waals surface area contributed by atoms with E-state index in [2.05, 4.69) is 44.3 Å². The lowest BCUT2D eigenvalue weighted by Crippen LogP contribution is -2.42. The number of hydrogen-bond donors (Lipinski definition) is 1. The Morgan fingerprint density at radius 2 is 2.21 bits per heavy atom. The Morgan fingerprint density at radius 3 is 2.95 bits per heavy atom. The van der Waals surface area contributed by atoms with Crippen LogP contribution in [-0.2, 0) is 6.42 Å². The lowest BCUT2D eigenvalue weighted by Gasteiger charge is -2.29. The third-order valence-corrected chi connectivity index (χ3v) is 4.81. The Hall–Kier alpha value is -1.02. The molecule has 0 spiro atoms. The molecule has 0 amide bonds. The summed E-state index contributed by atoms with van der Waals surface area (Å²) in [6.45, 7) is 7.88. The largest absolute Gasteiger partial charge is 0.488 e. The van der Waals surface area contributed by atoms with Gasteiger partial charge in [-0.05, 0) is 36.8 Å². The van der Waals surface area contributed by atoms with Crippen molar-refractivity contribution >= 4 is 0 Å². The van der Waals surface area contributed by atoms with Gasteiger partial charge in [-0.2, -0.15) is 0 Å². The Bertz CT molecular complexity index is 466. The summed E-state index contributed by atoms with van der Waals surface area (Å²) in [4.78, 5) is 0. The molecule has 1 aliphatic carbocycles. The minimum absolute atomic E-state index is 0.313. The first-order valence-electron chi connectivity index (χ1n) is 7.54. The van der Waals surface area contributed by atoms with Crippen LogP contribution in [0.5, 0.6) is 5.75 Å². The predicted octanol–water partition coefficient (Wildman–Crippen LogP) is 3.47. The van der Waals surface area contributed by atoms with E-state index in [-0.39, 0.29) is 0 Å². The maximum Gasteiger partial charge on any atom is 0.123 e. The highest BCUT2D eigenvalue weighted by molar-refractivity contribution is 5.40. The van der Waals surface area contributed by atoms with Gasteiger partial charge in [-0.1, -0.05) is 38.0 Å². The van der Waals surface area contributed by atoms with E-state index < -0.39 is 0 Å². The van der Waals surface area contributed by atoms with Crippen molar-refractivity contribution in [3.05, 3.63) is 29.3 Å². The lowest BCUT2D eigenvalue weighted by molar-refractivity contribution is 0.200. The molecule has 1 aromatic carbocycles. The van der Waals surface area contributed by atoms with Crippen LogP contribution in [0.25, 0.3) is 0 Å². The van der Waals surface area contributed by atoms with Crippen LogP contribution < -0.4 is 10.1 Å². The van der Waals surface area contributed by atoms with Crippen LogP contribution in [0.1, 0.15) is 44.2 Å². The molecule has 2 nitrogen and oxygen atoms in total. The molecule has 0 saturated heterocycles. The molecule has 2 atom stereocenters. The first kappa shape index (κ1) is 13.0. The van der Waals surface area contributed by atoms with Crippen LogP contribution in [0.3, 0.4) is 0 Å². The van der Waals surface area contributed by atoms with E-state index in [9.17, 15) is 0 Å². The number of aryl methyl sites for hydroxylation is 1. The van der Waals surface area contributed by atoms with Crippen molar-refractivity contribution in [1.82, 2.24) is 5.32 Å². The maximum absolute atomic E-state index is 6.03. The number of ether oxygens (including phenoxy) is 1. The Kier molecular flexibility index (Phi) is 3.30. The van der Waals surface area contributed by atoms with Gasteiger partial charge in [0.15, 0.2) is 0 Å². The molecule has 104 valence electrons. The van der Waals surface area contributed by atoms with Crippen molar-refractivity contribution in [2.45, 2.75) is 58.6 Å². The summed E-state index contributed by atoms with van der Waals surface area (Å²) < 4.78 is 6.03. The molecule has 1 N–H and O–H groups in total. The second kappa shape index (κ2) is 4.82. The molecule has 0 bridgehead atoms. The molecule has 1 heterocycles. The summed E-state index contributed by atoms with van der Waals surface area (Å²) in [5, 5.41) is 3.74. The van der Waals surface area contributed by atoms with E-state index >= 15 is 0 Å². The van der Waals surface area contributed by atoms with Gasteiger partial charge in [-0.15, -0.1) is 0 Å². The van der Waals surface area contributed by atoms with E-state index in [0.717, 1.165) is 18.7 Å². The SMILES string of the molecule is Cc1ccc2c(c1)CC(CNC1CCCC1(C)C)O2. The fourth-order valence-electron chi connectivity index (χ4n) is 3.54. The average Bonchev–Trinajstić information content (AvgIpc) is 2.88. The van der Waals surface area contributed by atoms with E-state index in [1.165, 1.54) is 30.4 Å². The Morgan fingerprint density at radius 1 is 1.37 bits per heavy atom. The number of rotatable bonds is 3. The first-order valence-corrected chi connectivity index (χ1v) is 7.54. The first-order chi connectivity index (χ1) is 9.04. The van der Waals surface area contributed by atoms with Crippen molar-refractivity contribution in [2.24, 2.45) is 5.41 Å². The van der Waals surface area contributed by atoms with Gasteiger partial charge in [0.1, 0.15) is 11.9 Å². The summed E-state index contributed by atoms with van der Waals surface area (Å²) in [5.74, 6) is 1.09. The molecular weight excluding hydrogens is 234 g/mol. The second-order valence-electron chi connectivity index (χ2n) is 6.90. The molecule has 2 aliphatic rings. The molecule has 1 fully saturated rings. The Labute approximate surface area is 116 Å². The maximum atomic E-state index is 6.03. The third-order valence-electron chi connectivity index (χ3n) is 4.81. The van der Waals surface area contributed by atoms with Gasteiger partial charge in [0.05, 0.1) is 0 Å². The second-order valence-corrected chi connectivity index (χ2v) is 6.90. The molecule has 0 radical (unpaired) electrons. The highest BCUT2D eigenvalue weighted by Gasteiger charge is 2.35. The van der Waals surface area contributed by atoms with E-state index in [4.69, 9.17) is 4.74 Å². The van der Waals surface area contributed by atoms with Gasteiger partial charge < -0.3 is 10.1 Å². The van der Waals surface area contributed by atoms with E-state index in [0.29, 0.717) is 17.6 Å². The smallest absolute Gasteiger partial charge is 0.123 e. The molecule has 1 saturated carbocycles. The van der Waals surface area contributed by atoms with Gasteiger partial charge in [0.2, 0.25) is 0 Å². The summed E-state index contributed by atoms with van der Waals surface area (Å²) in [6.07, 6.45) is 5.38. The molecule has 1 aliphatic heterocycles. The minimum Gasteiger partial charge on any atom is -0.488 e. The van der Waals surface area contributed by atoms with Crippen LogP contribution >= 0.6 is 0 Å². The number of benzene rings is 1. The molecule has 3 rings (SSSR count). The quantitative estimate of drug-likeness (QED) is 0.897. The van der Waals surface area contributed by atoms with Crippen molar-refractivity contribution in [3.63, 3.8) is 0 Å². The summed E-state index contributed by atoms with van der Waals surface area (Å²) in [6, 6.07) is 7.16. The molecule has 2 unspecified atom stereocenters. The third kappa shape index (κ3) is 2.64. The molecule has 0 aromatic heterocycles. The fraction of sp³-hybridized carbons (Fsp3) is 0.647. The summed E-state index contributed by atoms with van der Waals surface area (Å²) in [7, 11) is 0. The van der Waals surface area contributed by atoms with Crippen molar-refractivity contribution < 1.29 is 4.74 Å². The highest BCUT2D eigenvalue weighted by atomic mass is 16.5. The van der Waals surface area contributed by atoms with Gasteiger partial charge in [-0.3, -0.25) is 0 Å². The fourth-order valence-corrected chi connectivity index (χ4v) is 3.54. The predicted molar refractivity (Wildman–Crippen MR) is 78.7 cm³/mol. The standard InChI is InChI=1S/C17H25NO/c1-12-6-7-15-13(9-12)10-14(19-15)11-18-16-5-4-8-17(16,2)3/h6-7,9,14,16,18H,4-5,8,10-11H2,1-3H3.